The molecule has 1 N–H and O–H groups in total. The van der Waals surface area contributed by atoms with Crippen LogP contribution in [0.2, 0.25) is 0 Å². The van der Waals surface area contributed by atoms with Crippen molar-refractivity contribution in [2.75, 3.05) is 39.4 Å². The highest BCUT2D eigenvalue weighted by Gasteiger charge is 2.11. The van der Waals surface area contributed by atoms with Gasteiger partial charge in [-0.1, -0.05) is 0 Å². The molecule has 1 heterocycles. The maximum absolute atomic E-state index is 11.2. The van der Waals surface area contributed by atoms with E-state index in [2.05, 4.69) is 22.8 Å². The van der Waals surface area contributed by atoms with Gasteiger partial charge in [0.25, 0.3) is 0 Å². The smallest absolute Gasteiger partial charge is 0.232 e. The number of nitrogens with zero attached hydrogens (tertiary/aromatic N) is 1. The summed E-state index contributed by atoms with van der Waals surface area (Å²) in [5.41, 5.74) is 0. The number of morpholine rings is 1. The van der Waals surface area contributed by atoms with Crippen LogP contribution in [0.15, 0.2) is 0 Å². The number of nitrogens with one attached hydrogen (secondary N) is 1. The molecular weight excluding hydrogens is 200 g/mol. The Kier molecular flexibility index (Phi) is 5.29. The van der Waals surface area contributed by atoms with Gasteiger partial charge in [0, 0.05) is 26.2 Å². The van der Waals surface area contributed by atoms with E-state index >= 15 is 0 Å². The first-order valence-corrected chi connectivity index (χ1v) is 5.47. The Balaban J connectivity index is 2.05. The Hall–Kier alpha value is -0.260. The van der Waals surface area contributed by atoms with E-state index in [1.807, 2.05) is 0 Å². The third-order valence-electron chi connectivity index (χ3n) is 2.21. The predicted molar refractivity (Wildman–Crippen MR) is 58.7 cm³/mol. The lowest BCUT2D eigenvalue weighted by molar-refractivity contribution is -0.120. The Morgan fingerprint density at radius 3 is 2.79 bits per heavy atom. The summed E-state index contributed by atoms with van der Waals surface area (Å²) in [4.78, 5) is 13.4. The molecule has 0 spiro atoms. The van der Waals surface area contributed by atoms with E-state index in [1.165, 1.54) is 0 Å². The first kappa shape index (κ1) is 11.8. The van der Waals surface area contributed by atoms with Crippen molar-refractivity contribution in [2.45, 2.75) is 12.2 Å². The minimum atomic E-state index is -0.223. The summed E-state index contributed by atoms with van der Waals surface area (Å²) in [5, 5.41) is 2.61. The summed E-state index contributed by atoms with van der Waals surface area (Å²) in [7, 11) is 0. The first-order valence-electron chi connectivity index (χ1n) is 4.96. The molecule has 1 aliphatic heterocycles. The fraction of sp³-hybridized carbons (Fsp3) is 0.889. The molecule has 1 rings (SSSR count). The second-order valence-electron chi connectivity index (χ2n) is 3.42. The second kappa shape index (κ2) is 6.27. The van der Waals surface area contributed by atoms with Crippen molar-refractivity contribution in [1.82, 2.24) is 10.2 Å². The highest BCUT2D eigenvalue weighted by Crippen LogP contribution is 1.95. The van der Waals surface area contributed by atoms with Crippen LogP contribution < -0.4 is 5.32 Å². The molecule has 1 unspecified atom stereocenters. The van der Waals surface area contributed by atoms with Crippen LogP contribution >= 0.6 is 12.6 Å². The zero-order valence-corrected chi connectivity index (χ0v) is 9.43. The van der Waals surface area contributed by atoms with Crippen molar-refractivity contribution in [3.63, 3.8) is 0 Å². The monoisotopic (exact) mass is 218 g/mol. The molecule has 0 aromatic rings. The molecule has 4 nitrogen and oxygen atoms in total. The van der Waals surface area contributed by atoms with Crippen LogP contribution in [0.25, 0.3) is 0 Å². The number of carbonyl (C=O) groups excluding carboxylic acids is 1. The minimum Gasteiger partial charge on any atom is -0.379 e. The largest absolute Gasteiger partial charge is 0.379 e. The summed E-state index contributed by atoms with van der Waals surface area (Å²) in [6.07, 6.45) is 0. The molecule has 0 aromatic carbocycles. The van der Waals surface area contributed by atoms with E-state index < -0.39 is 0 Å². The lowest BCUT2D eigenvalue weighted by atomic mass is 10.4. The summed E-state index contributed by atoms with van der Waals surface area (Å²) in [5.74, 6) is 0.00147. The third-order valence-corrected chi connectivity index (χ3v) is 2.44. The number of amides is 1. The zero-order valence-electron chi connectivity index (χ0n) is 8.53. The van der Waals surface area contributed by atoms with Crippen molar-refractivity contribution in [3.05, 3.63) is 0 Å². The fourth-order valence-electron chi connectivity index (χ4n) is 1.31. The summed E-state index contributed by atoms with van der Waals surface area (Å²) >= 11 is 4.05. The molecule has 1 amide bonds. The van der Waals surface area contributed by atoms with Crippen LogP contribution in [-0.2, 0) is 9.53 Å². The van der Waals surface area contributed by atoms with Crippen LogP contribution in [0.5, 0.6) is 0 Å². The maximum atomic E-state index is 11.2. The molecule has 0 radical (unpaired) electrons. The van der Waals surface area contributed by atoms with Crippen LogP contribution in [0.1, 0.15) is 6.92 Å². The van der Waals surface area contributed by atoms with Crippen molar-refractivity contribution in [1.29, 1.82) is 0 Å². The van der Waals surface area contributed by atoms with Crippen molar-refractivity contribution in [2.24, 2.45) is 0 Å². The van der Waals surface area contributed by atoms with E-state index in [9.17, 15) is 4.79 Å². The normalized spacial score (nSPS) is 20.4. The first-order chi connectivity index (χ1) is 6.70. The van der Waals surface area contributed by atoms with Gasteiger partial charge in [0.05, 0.1) is 18.5 Å². The van der Waals surface area contributed by atoms with E-state index in [0.29, 0.717) is 6.54 Å². The summed E-state index contributed by atoms with van der Waals surface area (Å²) in [6.45, 7) is 6.90. The van der Waals surface area contributed by atoms with Gasteiger partial charge in [-0.3, -0.25) is 9.69 Å². The fourth-order valence-corrected chi connectivity index (χ4v) is 1.40. The van der Waals surface area contributed by atoms with Gasteiger partial charge >= 0.3 is 0 Å². The van der Waals surface area contributed by atoms with Crippen LogP contribution in [0.3, 0.4) is 0 Å². The van der Waals surface area contributed by atoms with Crippen molar-refractivity contribution >= 4 is 18.5 Å². The molecule has 1 atom stereocenters. The topological polar surface area (TPSA) is 41.6 Å². The van der Waals surface area contributed by atoms with E-state index in [1.54, 1.807) is 6.92 Å². The van der Waals surface area contributed by atoms with Crippen molar-refractivity contribution < 1.29 is 9.53 Å². The van der Waals surface area contributed by atoms with E-state index in [-0.39, 0.29) is 11.2 Å². The van der Waals surface area contributed by atoms with Gasteiger partial charge in [-0.2, -0.15) is 12.6 Å². The van der Waals surface area contributed by atoms with Gasteiger partial charge in [-0.15, -0.1) is 0 Å². The standard InChI is InChI=1S/C9H18N2O2S/c1-8(14)9(12)10-2-3-11-4-6-13-7-5-11/h8,14H,2-7H2,1H3,(H,10,12). The van der Waals surface area contributed by atoms with Gasteiger partial charge in [-0.05, 0) is 6.92 Å². The maximum Gasteiger partial charge on any atom is 0.232 e. The lowest BCUT2D eigenvalue weighted by Crippen LogP contribution is -2.42. The van der Waals surface area contributed by atoms with Gasteiger partial charge in [0.15, 0.2) is 0 Å². The van der Waals surface area contributed by atoms with Gasteiger partial charge in [0.2, 0.25) is 5.91 Å². The van der Waals surface area contributed by atoms with E-state index in [4.69, 9.17) is 4.74 Å². The number of hydrogen-bond donors (Lipinski definition) is 2. The van der Waals surface area contributed by atoms with Crippen LogP contribution in [0, 0.1) is 0 Å². The molecular formula is C9H18N2O2S. The molecule has 0 aliphatic carbocycles. The molecule has 0 saturated carbocycles. The lowest BCUT2D eigenvalue weighted by Gasteiger charge is -2.26. The number of hydrogen-bond acceptors (Lipinski definition) is 4. The average molecular weight is 218 g/mol. The average Bonchev–Trinajstić information content (AvgIpc) is 2.19. The second-order valence-corrected chi connectivity index (χ2v) is 4.20. The van der Waals surface area contributed by atoms with Crippen molar-refractivity contribution in [3.8, 4) is 0 Å². The third kappa shape index (κ3) is 4.30. The molecule has 82 valence electrons. The Morgan fingerprint density at radius 1 is 1.57 bits per heavy atom. The summed E-state index contributed by atoms with van der Waals surface area (Å²) < 4.78 is 5.22. The number of ether oxygens (including phenoxy) is 1. The number of rotatable bonds is 4. The Bertz CT molecular complexity index is 182. The van der Waals surface area contributed by atoms with E-state index in [0.717, 1.165) is 32.8 Å². The highest BCUT2D eigenvalue weighted by atomic mass is 32.1. The number of thiol groups is 1. The molecule has 1 saturated heterocycles. The van der Waals surface area contributed by atoms with Crippen LogP contribution in [-0.4, -0.2) is 55.4 Å². The molecule has 5 heteroatoms. The molecule has 0 aromatic heterocycles. The van der Waals surface area contributed by atoms with Crippen LogP contribution in [0.4, 0.5) is 0 Å². The molecule has 1 fully saturated rings. The Morgan fingerprint density at radius 2 is 2.21 bits per heavy atom. The minimum absolute atomic E-state index is 0.00147. The molecule has 14 heavy (non-hydrogen) atoms. The number of carbonyl (C=O) groups is 1. The zero-order chi connectivity index (χ0) is 10.4. The summed E-state index contributed by atoms with van der Waals surface area (Å²) in [6, 6.07) is 0. The molecule has 1 aliphatic rings. The quantitative estimate of drug-likeness (QED) is 0.640. The predicted octanol–water partition coefficient (Wildman–Crippen LogP) is -0.247. The SMILES string of the molecule is CC(S)C(=O)NCCN1CCOCC1. The van der Waals surface area contributed by atoms with Gasteiger partial charge in [0.1, 0.15) is 0 Å². The highest BCUT2D eigenvalue weighted by molar-refractivity contribution is 7.81. The van der Waals surface area contributed by atoms with Gasteiger partial charge < -0.3 is 10.1 Å². The van der Waals surface area contributed by atoms with Gasteiger partial charge in [-0.25, -0.2) is 0 Å². The molecule has 0 bridgehead atoms. The Labute approximate surface area is 90.4 Å².